The van der Waals surface area contributed by atoms with Crippen molar-refractivity contribution in [2.75, 3.05) is 13.1 Å². The first-order valence-corrected chi connectivity index (χ1v) is 7.24. The smallest absolute Gasteiger partial charge is 0.257 e. The Morgan fingerprint density at radius 2 is 2.00 bits per heavy atom. The SMILES string of the molecule is CCN(CC(=O)NC(C)(C)C)C(=O)c1cnc(C)cc1Cl. The molecule has 2 amide bonds. The number of amides is 2. The van der Waals surface area contributed by atoms with Gasteiger partial charge in [0, 0.05) is 24.0 Å². The summed E-state index contributed by atoms with van der Waals surface area (Å²) in [6.07, 6.45) is 1.45. The van der Waals surface area contributed by atoms with Gasteiger partial charge in [0.1, 0.15) is 0 Å². The maximum Gasteiger partial charge on any atom is 0.257 e. The Labute approximate surface area is 130 Å². The van der Waals surface area contributed by atoms with Crippen LogP contribution in [0.4, 0.5) is 0 Å². The standard InChI is InChI=1S/C15H22ClN3O2/c1-6-19(9-13(20)18-15(3,4)5)14(21)11-8-17-10(2)7-12(11)16/h7-8H,6,9H2,1-5H3,(H,18,20). The molecule has 0 aliphatic carbocycles. The molecule has 0 fully saturated rings. The van der Waals surface area contributed by atoms with Crippen LogP contribution in [0.1, 0.15) is 43.7 Å². The lowest BCUT2D eigenvalue weighted by atomic mass is 10.1. The van der Waals surface area contributed by atoms with E-state index in [2.05, 4.69) is 10.3 Å². The third kappa shape index (κ3) is 5.34. The summed E-state index contributed by atoms with van der Waals surface area (Å²) in [4.78, 5) is 29.9. The van der Waals surface area contributed by atoms with Crippen molar-refractivity contribution in [1.29, 1.82) is 0 Å². The first-order valence-electron chi connectivity index (χ1n) is 6.86. The van der Waals surface area contributed by atoms with Gasteiger partial charge in [-0.3, -0.25) is 14.6 Å². The number of pyridine rings is 1. The lowest BCUT2D eigenvalue weighted by Crippen LogP contribution is -2.47. The van der Waals surface area contributed by atoms with E-state index in [1.54, 1.807) is 13.0 Å². The third-order valence-corrected chi connectivity index (χ3v) is 3.05. The zero-order chi connectivity index (χ0) is 16.2. The number of rotatable bonds is 4. The fourth-order valence-electron chi connectivity index (χ4n) is 1.81. The van der Waals surface area contributed by atoms with E-state index >= 15 is 0 Å². The monoisotopic (exact) mass is 311 g/mol. The Balaban J connectivity index is 2.84. The van der Waals surface area contributed by atoms with Crippen molar-refractivity contribution in [2.45, 2.75) is 40.2 Å². The molecule has 0 aliphatic rings. The highest BCUT2D eigenvalue weighted by atomic mass is 35.5. The molecule has 0 atom stereocenters. The average molecular weight is 312 g/mol. The number of hydrogen-bond acceptors (Lipinski definition) is 3. The zero-order valence-electron chi connectivity index (χ0n) is 13.2. The van der Waals surface area contributed by atoms with Crippen LogP contribution in [0, 0.1) is 6.92 Å². The van der Waals surface area contributed by atoms with Crippen LogP contribution in [-0.4, -0.2) is 40.3 Å². The minimum Gasteiger partial charge on any atom is -0.350 e. The minimum atomic E-state index is -0.331. The van der Waals surface area contributed by atoms with E-state index in [9.17, 15) is 9.59 Å². The molecule has 6 heteroatoms. The number of aryl methyl sites for hydroxylation is 1. The van der Waals surface area contributed by atoms with E-state index in [0.717, 1.165) is 5.69 Å². The Morgan fingerprint density at radius 3 is 2.48 bits per heavy atom. The maximum atomic E-state index is 12.4. The van der Waals surface area contributed by atoms with E-state index in [0.29, 0.717) is 17.1 Å². The largest absolute Gasteiger partial charge is 0.350 e. The highest BCUT2D eigenvalue weighted by molar-refractivity contribution is 6.33. The molecule has 0 saturated heterocycles. The van der Waals surface area contributed by atoms with Crippen LogP contribution in [0.25, 0.3) is 0 Å². The van der Waals surface area contributed by atoms with Crippen LogP contribution >= 0.6 is 11.6 Å². The second-order valence-electron chi connectivity index (χ2n) is 5.92. The zero-order valence-corrected chi connectivity index (χ0v) is 13.9. The van der Waals surface area contributed by atoms with Gasteiger partial charge in [0.2, 0.25) is 5.91 Å². The quantitative estimate of drug-likeness (QED) is 0.929. The Morgan fingerprint density at radius 1 is 1.38 bits per heavy atom. The topological polar surface area (TPSA) is 62.3 Å². The highest BCUT2D eigenvalue weighted by Crippen LogP contribution is 2.17. The van der Waals surface area contributed by atoms with E-state index in [1.807, 2.05) is 27.7 Å². The summed E-state index contributed by atoms with van der Waals surface area (Å²) < 4.78 is 0. The summed E-state index contributed by atoms with van der Waals surface area (Å²) in [5.74, 6) is -0.493. The van der Waals surface area contributed by atoms with Crippen LogP contribution in [-0.2, 0) is 4.79 Å². The summed E-state index contributed by atoms with van der Waals surface area (Å²) in [7, 11) is 0. The third-order valence-electron chi connectivity index (χ3n) is 2.74. The molecule has 5 nitrogen and oxygen atoms in total. The number of aromatic nitrogens is 1. The summed E-state index contributed by atoms with van der Waals surface area (Å²) in [6.45, 7) is 9.71. The normalized spacial score (nSPS) is 11.1. The minimum absolute atomic E-state index is 0.00317. The van der Waals surface area contributed by atoms with Crippen molar-refractivity contribution < 1.29 is 9.59 Å². The molecule has 116 valence electrons. The van der Waals surface area contributed by atoms with Crippen LogP contribution < -0.4 is 5.32 Å². The molecule has 1 rings (SSSR count). The molecule has 0 aliphatic heterocycles. The second kappa shape index (κ2) is 6.89. The summed E-state index contributed by atoms with van der Waals surface area (Å²) in [5, 5.41) is 3.18. The van der Waals surface area contributed by atoms with Crippen LogP contribution in [0.15, 0.2) is 12.3 Å². The number of carbonyl (C=O) groups is 2. The molecular weight excluding hydrogens is 290 g/mol. The molecule has 1 aromatic rings. The van der Waals surface area contributed by atoms with Gasteiger partial charge in [-0.25, -0.2) is 0 Å². The van der Waals surface area contributed by atoms with E-state index in [4.69, 9.17) is 11.6 Å². The van der Waals surface area contributed by atoms with Gasteiger partial charge in [0.05, 0.1) is 17.1 Å². The molecule has 21 heavy (non-hydrogen) atoms. The average Bonchev–Trinajstić information content (AvgIpc) is 2.33. The fourth-order valence-corrected chi connectivity index (χ4v) is 2.10. The Hall–Kier alpha value is -1.62. The van der Waals surface area contributed by atoms with Gasteiger partial charge in [-0.1, -0.05) is 11.6 Å². The molecule has 0 bridgehead atoms. The molecule has 1 N–H and O–H groups in total. The number of halogens is 1. The maximum absolute atomic E-state index is 12.4. The van der Waals surface area contributed by atoms with Crippen LogP contribution in [0.5, 0.6) is 0 Å². The molecule has 1 heterocycles. The summed E-state index contributed by atoms with van der Waals surface area (Å²) in [6, 6.07) is 1.64. The van der Waals surface area contributed by atoms with Crippen molar-refractivity contribution >= 4 is 23.4 Å². The molecule has 0 radical (unpaired) electrons. The van der Waals surface area contributed by atoms with Gasteiger partial charge in [-0.05, 0) is 40.7 Å². The van der Waals surface area contributed by atoms with E-state index in [-0.39, 0.29) is 23.9 Å². The first-order chi connectivity index (χ1) is 9.64. The van der Waals surface area contributed by atoms with Crippen molar-refractivity contribution in [3.8, 4) is 0 Å². The van der Waals surface area contributed by atoms with Crippen LogP contribution in [0.2, 0.25) is 5.02 Å². The molecule has 0 spiro atoms. The van der Waals surface area contributed by atoms with Crippen molar-refractivity contribution in [1.82, 2.24) is 15.2 Å². The molecule has 0 unspecified atom stereocenters. The summed E-state index contributed by atoms with van der Waals surface area (Å²) >= 11 is 6.08. The second-order valence-corrected chi connectivity index (χ2v) is 6.33. The highest BCUT2D eigenvalue weighted by Gasteiger charge is 2.22. The Bertz CT molecular complexity index is 538. The molecule has 1 aromatic heterocycles. The van der Waals surface area contributed by atoms with E-state index < -0.39 is 0 Å². The van der Waals surface area contributed by atoms with Crippen LogP contribution in [0.3, 0.4) is 0 Å². The molecule has 0 saturated carbocycles. The van der Waals surface area contributed by atoms with Crippen molar-refractivity contribution in [3.05, 3.63) is 28.5 Å². The number of nitrogens with one attached hydrogen (secondary N) is 1. The number of likely N-dealkylation sites (N-methyl/N-ethyl adjacent to an activating group) is 1. The van der Waals surface area contributed by atoms with Gasteiger partial charge < -0.3 is 10.2 Å². The number of carbonyl (C=O) groups excluding carboxylic acids is 2. The van der Waals surface area contributed by atoms with Crippen molar-refractivity contribution in [3.63, 3.8) is 0 Å². The molecular formula is C15H22ClN3O2. The van der Waals surface area contributed by atoms with Gasteiger partial charge in [-0.15, -0.1) is 0 Å². The lowest BCUT2D eigenvalue weighted by molar-refractivity contribution is -0.123. The van der Waals surface area contributed by atoms with Gasteiger partial charge in [-0.2, -0.15) is 0 Å². The molecule has 0 aromatic carbocycles. The van der Waals surface area contributed by atoms with Gasteiger partial charge in [0.15, 0.2) is 0 Å². The first kappa shape index (κ1) is 17.4. The Kier molecular flexibility index (Phi) is 5.72. The van der Waals surface area contributed by atoms with Gasteiger partial charge in [0.25, 0.3) is 5.91 Å². The van der Waals surface area contributed by atoms with Crippen molar-refractivity contribution in [2.24, 2.45) is 0 Å². The fraction of sp³-hybridized carbons (Fsp3) is 0.533. The number of hydrogen-bond donors (Lipinski definition) is 1. The lowest BCUT2D eigenvalue weighted by Gasteiger charge is -2.25. The van der Waals surface area contributed by atoms with E-state index in [1.165, 1.54) is 11.1 Å². The van der Waals surface area contributed by atoms with Gasteiger partial charge >= 0.3 is 0 Å². The summed E-state index contributed by atoms with van der Waals surface area (Å²) in [5.41, 5.74) is 0.723. The predicted molar refractivity (Wildman–Crippen MR) is 83.5 cm³/mol. The number of nitrogens with zero attached hydrogens (tertiary/aromatic N) is 2. The predicted octanol–water partition coefficient (Wildman–Crippen LogP) is 2.42.